The van der Waals surface area contributed by atoms with E-state index >= 15 is 0 Å². The van der Waals surface area contributed by atoms with E-state index in [0.717, 1.165) is 119 Å². The van der Waals surface area contributed by atoms with Gasteiger partial charge in [-0.15, -0.1) is 171 Å². The van der Waals surface area contributed by atoms with E-state index in [4.69, 9.17) is 23.8 Å². The van der Waals surface area contributed by atoms with E-state index in [2.05, 4.69) is 473 Å². The standard InChI is InChI=1S/C30H44NOSi4.C27H38NOSi4.C27H38NSi4.3C13H12N.3Ir/c1-22(2)18-24-19-27(23-16-17-26-25-14-12-13-15-28(25)32-29(26)20-23)31-21-30(24)36(33(3,4)5,34(6,7)8)35(9,10)11;1-20-17-24(21-15-16-23-22-13-11-12-14-25(22)29-26(23)18-21)28-19-27(20)33(30(2,3)4,31(5,6)7)32(8,9)10;1-29(2,3)32(30(4,5)6,31(7,8)9)22-17-18-27(28-20-22)25-16-12-15-24-23-14-11-10-13-21(23)19-26(24)25;3*1-10-3-5-12(6-4-10)13-9-11(2)7-8-14-13;;;/h12-15,17,19-22H,18H2,1-11H3;11-14,16-19H,1-10H3;10-15,17-18,20H,19H2,1-9H3;3*3-5,7-9H,1-2H3;;;/q6*-1;;;. The number of furan rings is 2. The molecule has 1 aliphatic carbocycles. The fourth-order valence-electron chi connectivity index (χ4n) is 27.3. The van der Waals surface area contributed by atoms with Crippen LogP contribution in [0.1, 0.15) is 69.5 Å². The summed E-state index contributed by atoms with van der Waals surface area (Å²) in [5.74, 6) is 0.609. The van der Waals surface area contributed by atoms with Crippen LogP contribution in [0.15, 0.2) is 270 Å². The van der Waals surface area contributed by atoms with E-state index in [1.165, 1.54) is 66.8 Å². The Morgan fingerprint density at radius 1 is 0.288 bits per heavy atom. The summed E-state index contributed by atoms with van der Waals surface area (Å²) in [5.41, 5.74) is 32.0. The van der Waals surface area contributed by atoms with Gasteiger partial charge in [0.1, 0.15) is 11.2 Å². The number of para-hydroxylation sites is 2. The number of nitrogens with zero attached hydrogens (tertiary/aromatic N) is 6. The Labute approximate surface area is 927 Å². The van der Waals surface area contributed by atoms with Crippen LogP contribution in [0.3, 0.4) is 0 Å². The molecule has 0 N–H and O–H groups in total. The molecule has 0 atom stereocenters. The van der Waals surface area contributed by atoms with Crippen molar-refractivity contribution in [3.05, 3.63) is 354 Å². The van der Waals surface area contributed by atoms with Gasteiger partial charge in [-0.25, -0.2) is 0 Å². The number of hydrogen-bond acceptors (Lipinski definition) is 8. The van der Waals surface area contributed by atoms with Gasteiger partial charge in [-0.1, -0.05) is 376 Å². The van der Waals surface area contributed by atoms with Gasteiger partial charge in [0.2, 0.25) is 0 Å². The molecule has 771 valence electrons. The fourth-order valence-corrected chi connectivity index (χ4v) is 328. The second-order valence-corrected chi connectivity index (χ2v) is 171. The third kappa shape index (κ3) is 25.5. The number of aromatic nitrogens is 6. The number of benzene rings is 9. The first-order chi connectivity index (χ1) is 66.8. The number of aryl methyl sites for hydroxylation is 7. The Morgan fingerprint density at radius 2 is 0.644 bits per heavy atom. The zero-order valence-electron chi connectivity index (χ0n) is 93.8. The molecule has 146 heavy (non-hydrogen) atoms. The molecule has 8 nitrogen and oxygen atoms in total. The van der Waals surface area contributed by atoms with E-state index in [9.17, 15) is 0 Å². The van der Waals surface area contributed by atoms with Gasteiger partial charge in [0, 0.05) is 166 Å². The van der Waals surface area contributed by atoms with E-state index in [1.54, 1.807) is 21.1 Å². The van der Waals surface area contributed by atoms with Crippen molar-refractivity contribution < 1.29 is 69.2 Å². The smallest absolute Gasteiger partial charge is 0.123 e. The van der Waals surface area contributed by atoms with Crippen molar-refractivity contribution in [2.45, 2.75) is 252 Å². The van der Waals surface area contributed by atoms with Crippen LogP contribution in [-0.2, 0) is 73.2 Å². The van der Waals surface area contributed by atoms with Crippen molar-refractivity contribution in [3.63, 3.8) is 0 Å². The van der Waals surface area contributed by atoms with Gasteiger partial charge in [0.05, 0.1) is 31.0 Å². The molecule has 0 aliphatic heterocycles. The van der Waals surface area contributed by atoms with Gasteiger partial charge in [0.25, 0.3) is 0 Å². The largest absolute Gasteiger partial charge is 0.476 e. The molecule has 8 aromatic heterocycles. The Hall–Kier alpha value is -7.97. The topological polar surface area (TPSA) is 104 Å². The third-order valence-corrected chi connectivity index (χ3v) is 243. The predicted octanol–water partition coefficient (Wildman–Crippen LogP) is 32.7. The minimum absolute atomic E-state index is 0. The minimum Gasteiger partial charge on any atom is -0.476 e. The summed E-state index contributed by atoms with van der Waals surface area (Å²) in [7, 11) is -12.9. The number of hydrogen-bond donors (Lipinski definition) is 0. The molecule has 0 amide bonds. The Morgan fingerprint density at radius 3 is 1.01 bits per heavy atom. The molecule has 23 heteroatoms. The van der Waals surface area contributed by atoms with Gasteiger partial charge in [-0.05, 0) is 143 Å². The normalized spacial score (nSPS) is 12.6. The molecule has 0 spiro atoms. The van der Waals surface area contributed by atoms with Crippen LogP contribution >= 0.6 is 0 Å². The second kappa shape index (κ2) is 47.5. The van der Waals surface area contributed by atoms with Gasteiger partial charge in [0.15, 0.2) is 0 Å². The Bertz CT molecular complexity index is 7040. The molecule has 0 bridgehead atoms. The molecule has 9 aromatic carbocycles. The van der Waals surface area contributed by atoms with Gasteiger partial charge in [-0.3, -0.25) is 0 Å². The van der Waals surface area contributed by atoms with Crippen molar-refractivity contribution in [1.29, 1.82) is 0 Å². The summed E-state index contributed by atoms with van der Waals surface area (Å²) in [6.07, 6.45) is 14.6. The first-order valence-corrected chi connectivity index (χ1v) is 97.8. The molecule has 0 saturated heterocycles. The van der Waals surface area contributed by atoms with Crippen LogP contribution in [0.5, 0.6) is 0 Å². The van der Waals surface area contributed by atoms with Crippen LogP contribution < -0.4 is 15.6 Å². The number of fused-ring (bicyclic) bond motifs is 9. The summed E-state index contributed by atoms with van der Waals surface area (Å²) in [4.78, 5) is 28.4. The molecular weight excluding hydrogens is 2510 g/mol. The first kappa shape index (κ1) is 120. The summed E-state index contributed by atoms with van der Waals surface area (Å²) in [6.45, 7) is 86.1. The zero-order valence-corrected chi connectivity index (χ0v) is 113. The molecular formula is C123H156Ir3N6O2Si12-6. The second-order valence-electron chi connectivity index (χ2n) is 49.7. The minimum atomic E-state index is -1.75. The molecule has 3 radical (unpaired) electrons. The molecule has 18 rings (SSSR count). The fraction of sp³-hybridized carbons (Fsp3) is 0.317. The first-order valence-electron chi connectivity index (χ1n) is 51.3. The molecule has 8 heterocycles. The van der Waals surface area contributed by atoms with Gasteiger partial charge < -0.3 is 38.7 Å². The maximum atomic E-state index is 6.20. The van der Waals surface area contributed by atoms with Crippen molar-refractivity contribution in [1.82, 2.24) is 29.9 Å². The quantitative estimate of drug-likeness (QED) is 0.0549. The van der Waals surface area contributed by atoms with Crippen molar-refractivity contribution in [2.24, 2.45) is 5.92 Å². The maximum absolute atomic E-state index is 6.20. The summed E-state index contributed by atoms with van der Waals surface area (Å²) >= 11 is 0. The average Bonchev–Trinajstić information content (AvgIpc) is 0.720. The van der Waals surface area contributed by atoms with Crippen molar-refractivity contribution in [3.8, 4) is 78.7 Å². The number of pyridine rings is 6. The third-order valence-electron chi connectivity index (χ3n) is 29.5. The van der Waals surface area contributed by atoms with Crippen LogP contribution in [-0.4, -0.2) is 118 Å². The average molecular weight is 2660 g/mol. The Kier molecular flexibility index (Phi) is 39.0. The maximum Gasteiger partial charge on any atom is 0.123 e. The van der Waals surface area contributed by atoms with Crippen LogP contribution in [0, 0.1) is 90.8 Å². The molecule has 0 unspecified atom stereocenters. The number of rotatable bonds is 20. The van der Waals surface area contributed by atoms with Crippen LogP contribution in [0.4, 0.5) is 0 Å². The summed E-state index contributed by atoms with van der Waals surface area (Å²) in [5, 5.41) is 9.55. The van der Waals surface area contributed by atoms with E-state index in [1.807, 2.05) is 79.3 Å². The monoisotopic (exact) mass is 2660 g/mol. The molecule has 0 fully saturated rings. The predicted molar refractivity (Wildman–Crippen MR) is 652 cm³/mol. The van der Waals surface area contributed by atoms with E-state index < -0.39 is 88.2 Å². The summed E-state index contributed by atoms with van der Waals surface area (Å²) in [6, 6.07) is 98.3. The van der Waals surface area contributed by atoms with Crippen molar-refractivity contribution >= 4 is 148 Å². The van der Waals surface area contributed by atoms with Gasteiger partial charge >= 0.3 is 0 Å². The summed E-state index contributed by atoms with van der Waals surface area (Å²) < 4.78 is 12.3. The molecule has 17 aromatic rings. The SMILES string of the molecule is CC(C)Cc1cc(-c2[c-]cc3c(c2)oc2ccccc23)ncc1[Si]([Si](C)(C)C)([Si](C)(C)C)[Si](C)(C)C.C[Si](C)(C)[Si](c1ccc(-c2[c-]ccc3c2Cc2ccccc2-3)nc1)([Si](C)(C)C)[Si](C)(C)C.Cc1c[c-]c(-c2cc(C)ccn2)cc1.Cc1c[c-]c(-c2cc(C)ccn2)cc1.Cc1c[c-]c(-c2cc(C)ccn2)cc1.Cc1cc(-c2[c-]cc3c(c2)oc2ccccc23)ncc1[Si]([Si](C)(C)C)([Si](C)(C)C)[Si](C)(C)C.[Ir].[Ir].[Ir]. The molecule has 0 saturated carbocycles. The van der Waals surface area contributed by atoms with Crippen molar-refractivity contribution in [2.75, 3.05) is 0 Å². The van der Waals surface area contributed by atoms with E-state index in [0.29, 0.717) is 5.92 Å². The van der Waals surface area contributed by atoms with Crippen LogP contribution in [0.25, 0.3) is 123 Å². The van der Waals surface area contributed by atoms with Crippen LogP contribution in [0.2, 0.25) is 177 Å². The Balaban J connectivity index is 0.000000186. The van der Waals surface area contributed by atoms with E-state index in [-0.39, 0.29) is 60.3 Å². The van der Waals surface area contributed by atoms with Gasteiger partial charge in [-0.2, -0.15) is 0 Å². The molecule has 1 aliphatic rings. The zero-order chi connectivity index (χ0) is 105.